The Labute approximate surface area is 154 Å². The average Bonchev–Trinajstić information content (AvgIpc) is 2.53. The molecule has 1 aromatic rings. The van der Waals surface area contributed by atoms with Gasteiger partial charge in [-0.25, -0.2) is 0 Å². The van der Waals surface area contributed by atoms with Crippen molar-refractivity contribution in [2.75, 3.05) is 32.2 Å². The van der Waals surface area contributed by atoms with E-state index < -0.39 is 5.41 Å². The second-order valence-electron chi connectivity index (χ2n) is 6.62. The molecule has 0 heterocycles. The van der Waals surface area contributed by atoms with Crippen LogP contribution in [0, 0.1) is 5.41 Å². The van der Waals surface area contributed by atoms with Crippen LogP contribution in [0.1, 0.15) is 33.6 Å². The topological polar surface area (TPSA) is 76.7 Å². The van der Waals surface area contributed by atoms with Gasteiger partial charge in [0.25, 0.3) is 0 Å². The van der Waals surface area contributed by atoms with E-state index in [1.165, 1.54) is 0 Å². The van der Waals surface area contributed by atoms with Crippen molar-refractivity contribution in [1.82, 2.24) is 5.32 Å². The van der Waals surface area contributed by atoms with E-state index in [9.17, 15) is 9.59 Å². The number of carbonyl (C=O) groups is 2. The molecule has 7 heteroatoms. The fourth-order valence-corrected chi connectivity index (χ4v) is 2.14. The number of halogens is 1. The van der Waals surface area contributed by atoms with E-state index in [1.54, 1.807) is 25.3 Å². The maximum atomic E-state index is 12.1. The second kappa shape index (κ2) is 10.3. The van der Waals surface area contributed by atoms with E-state index in [0.717, 1.165) is 0 Å². The molecule has 25 heavy (non-hydrogen) atoms. The van der Waals surface area contributed by atoms with E-state index in [-0.39, 0.29) is 18.2 Å². The molecule has 0 saturated heterocycles. The monoisotopic (exact) mass is 370 g/mol. The van der Waals surface area contributed by atoms with Crippen molar-refractivity contribution in [3.8, 4) is 5.75 Å². The summed E-state index contributed by atoms with van der Waals surface area (Å²) in [6, 6.07) is 5.17. The number of para-hydroxylation sites is 1. The first-order chi connectivity index (χ1) is 11.8. The molecule has 0 aliphatic rings. The summed E-state index contributed by atoms with van der Waals surface area (Å²) in [7, 11) is 1.58. The van der Waals surface area contributed by atoms with Gasteiger partial charge in [-0.3, -0.25) is 9.59 Å². The van der Waals surface area contributed by atoms with E-state index in [4.69, 9.17) is 21.1 Å². The van der Waals surface area contributed by atoms with Gasteiger partial charge in [-0.15, -0.1) is 0 Å². The molecule has 2 amide bonds. The van der Waals surface area contributed by atoms with Crippen LogP contribution in [0.5, 0.6) is 5.75 Å². The van der Waals surface area contributed by atoms with Crippen LogP contribution in [0.25, 0.3) is 0 Å². The lowest BCUT2D eigenvalue weighted by atomic mass is 9.96. The molecule has 0 fully saturated rings. The van der Waals surface area contributed by atoms with Crippen LogP contribution in [0.3, 0.4) is 0 Å². The summed E-state index contributed by atoms with van der Waals surface area (Å²) in [6.07, 6.45) is 0.836. The Morgan fingerprint density at radius 1 is 1.20 bits per heavy atom. The number of carbonyl (C=O) groups excluding carboxylic acids is 2. The number of amides is 2. The van der Waals surface area contributed by atoms with Crippen LogP contribution >= 0.6 is 11.6 Å². The fourth-order valence-electron chi connectivity index (χ4n) is 1.91. The molecule has 0 spiro atoms. The maximum absolute atomic E-state index is 12.1. The third kappa shape index (κ3) is 7.75. The van der Waals surface area contributed by atoms with Crippen molar-refractivity contribution in [3.63, 3.8) is 0 Å². The Hall–Kier alpha value is -1.79. The van der Waals surface area contributed by atoms with Gasteiger partial charge in [0.05, 0.1) is 17.3 Å². The summed E-state index contributed by atoms with van der Waals surface area (Å²) in [5.41, 5.74) is 0.0876. The summed E-state index contributed by atoms with van der Waals surface area (Å²) >= 11 is 6.13. The average molecular weight is 371 g/mol. The standard InChI is InChI=1S/C18H27ClN2O4/c1-18(2,3)17(23)20-10-6-9-15(22)21-14-8-5-7-13(19)16(14)25-12-11-24-4/h5,7-8H,6,9-12H2,1-4H3,(H,20,23)(H,21,22). The Morgan fingerprint density at radius 3 is 2.56 bits per heavy atom. The van der Waals surface area contributed by atoms with Crippen LogP contribution in [0.4, 0.5) is 5.69 Å². The molecule has 0 aromatic heterocycles. The molecule has 0 radical (unpaired) electrons. The maximum Gasteiger partial charge on any atom is 0.225 e. The summed E-state index contributed by atoms with van der Waals surface area (Å²) in [6.45, 7) is 6.75. The zero-order chi connectivity index (χ0) is 18.9. The molecule has 0 bridgehead atoms. The number of ether oxygens (including phenoxy) is 2. The van der Waals surface area contributed by atoms with Crippen molar-refractivity contribution < 1.29 is 19.1 Å². The summed E-state index contributed by atoms with van der Waals surface area (Å²) in [4.78, 5) is 23.9. The van der Waals surface area contributed by atoms with Crippen molar-refractivity contribution in [3.05, 3.63) is 23.2 Å². The Bertz CT molecular complexity index is 585. The predicted octanol–water partition coefficient (Wildman–Crippen LogP) is 3.25. The molecule has 2 N–H and O–H groups in total. The lowest BCUT2D eigenvalue weighted by Gasteiger charge is -2.17. The van der Waals surface area contributed by atoms with Gasteiger partial charge in [0, 0.05) is 25.5 Å². The quantitative estimate of drug-likeness (QED) is 0.654. The highest BCUT2D eigenvalue weighted by atomic mass is 35.5. The second-order valence-corrected chi connectivity index (χ2v) is 7.02. The van der Waals surface area contributed by atoms with E-state index in [1.807, 2.05) is 20.8 Å². The summed E-state index contributed by atoms with van der Waals surface area (Å²) in [5.74, 6) is 0.232. The van der Waals surface area contributed by atoms with E-state index in [2.05, 4.69) is 10.6 Å². The SMILES string of the molecule is COCCOc1c(Cl)cccc1NC(=O)CCCNC(=O)C(C)(C)C. The van der Waals surface area contributed by atoms with Gasteiger partial charge < -0.3 is 20.1 Å². The third-order valence-corrected chi connectivity index (χ3v) is 3.62. The molecule has 0 saturated carbocycles. The lowest BCUT2D eigenvalue weighted by molar-refractivity contribution is -0.128. The molecule has 1 aromatic carbocycles. The molecular formula is C18H27ClN2O4. The van der Waals surface area contributed by atoms with Crippen molar-refractivity contribution in [1.29, 1.82) is 0 Å². The molecule has 140 valence electrons. The number of rotatable bonds is 9. The zero-order valence-electron chi connectivity index (χ0n) is 15.3. The van der Waals surface area contributed by atoms with Gasteiger partial charge in [0.1, 0.15) is 6.61 Å². The van der Waals surface area contributed by atoms with Crippen LogP contribution in [-0.4, -0.2) is 38.7 Å². The van der Waals surface area contributed by atoms with E-state index in [0.29, 0.717) is 42.6 Å². The first-order valence-corrected chi connectivity index (χ1v) is 8.62. The molecule has 0 atom stereocenters. The highest BCUT2D eigenvalue weighted by molar-refractivity contribution is 6.32. The van der Waals surface area contributed by atoms with Crippen molar-refractivity contribution in [2.24, 2.45) is 5.41 Å². The first kappa shape index (κ1) is 21.3. The number of hydrogen-bond donors (Lipinski definition) is 2. The number of nitrogens with one attached hydrogen (secondary N) is 2. The molecule has 1 rings (SSSR count). The molecule has 0 unspecified atom stereocenters. The minimum Gasteiger partial charge on any atom is -0.487 e. The smallest absolute Gasteiger partial charge is 0.225 e. The number of methoxy groups -OCH3 is 1. The van der Waals surface area contributed by atoms with Gasteiger partial charge in [-0.05, 0) is 18.6 Å². The Morgan fingerprint density at radius 2 is 1.92 bits per heavy atom. The highest BCUT2D eigenvalue weighted by Crippen LogP contribution is 2.33. The van der Waals surface area contributed by atoms with E-state index >= 15 is 0 Å². The van der Waals surface area contributed by atoms with Gasteiger partial charge in [-0.2, -0.15) is 0 Å². The van der Waals surface area contributed by atoms with Gasteiger partial charge >= 0.3 is 0 Å². The van der Waals surface area contributed by atoms with Crippen molar-refractivity contribution >= 4 is 29.1 Å². The summed E-state index contributed by atoms with van der Waals surface area (Å²) in [5, 5.41) is 6.04. The van der Waals surface area contributed by atoms with Crippen LogP contribution in [0.2, 0.25) is 5.02 Å². The zero-order valence-corrected chi connectivity index (χ0v) is 16.0. The highest BCUT2D eigenvalue weighted by Gasteiger charge is 2.20. The Kier molecular flexibility index (Phi) is 8.72. The summed E-state index contributed by atoms with van der Waals surface area (Å²) < 4.78 is 10.5. The largest absolute Gasteiger partial charge is 0.487 e. The van der Waals surface area contributed by atoms with Gasteiger partial charge in [-0.1, -0.05) is 38.4 Å². The first-order valence-electron chi connectivity index (χ1n) is 8.24. The van der Waals surface area contributed by atoms with Gasteiger partial charge in [0.15, 0.2) is 5.75 Å². The van der Waals surface area contributed by atoms with Gasteiger partial charge in [0.2, 0.25) is 11.8 Å². The molecular weight excluding hydrogens is 344 g/mol. The third-order valence-electron chi connectivity index (χ3n) is 3.32. The molecule has 0 aliphatic heterocycles. The molecule has 6 nitrogen and oxygen atoms in total. The normalized spacial score (nSPS) is 11.1. The van der Waals surface area contributed by atoms with Crippen LogP contribution in [-0.2, 0) is 14.3 Å². The van der Waals surface area contributed by atoms with Crippen LogP contribution < -0.4 is 15.4 Å². The van der Waals surface area contributed by atoms with Crippen LogP contribution in [0.15, 0.2) is 18.2 Å². The molecule has 0 aliphatic carbocycles. The predicted molar refractivity (Wildman–Crippen MR) is 99.2 cm³/mol. The number of benzene rings is 1. The number of anilines is 1. The Balaban J connectivity index is 2.49. The minimum absolute atomic E-state index is 0.0309. The fraction of sp³-hybridized carbons (Fsp3) is 0.556. The van der Waals surface area contributed by atoms with Crippen molar-refractivity contribution in [2.45, 2.75) is 33.6 Å². The lowest BCUT2D eigenvalue weighted by Crippen LogP contribution is -2.35. The minimum atomic E-state index is -0.433. The number of hydrogen-bond acceptors (Lipinski definition) is 4.